The summed E-state index contributed by atoms with van der Waals surface area (Å²) in [5.41, 5.74) is 0. The van der Waals surface area contributed by atoms with Gasteiger partial charge < -0.3 is 14.3 Å². The maximum Gasteiger partial charge on any atom is 0.309 e. The number of hydrogen-bond acceptors (Lipinski definition) is 5. The van der Waals surface area contributed by atoms with Crippen molar-refractivity contribution in [2.24, 2.45) is 5.92 Å². The Morgan fingerprint density at radius 1 is 1.10 bits per heavy atom. The first-order valence-electron chi connectivity index (χ1n) is 5.42. The van der Waals surface area contributed by atoms with Crippen LogP contribution in [-0.2, 0) is 23.9 Å². The van der Waals surface area contributed by atoms with Crippen LogP contribution in [0.15, 0.2) is 0 Å². The van der Waals surface area contributed by atoms with Gasteiger partial charge in [0.15, 0.2) is 0 Å². The molecule has 0 spiro atoms. The van der Waals surface area contributed by atoms with Gasteiger partial charge in [-0.15, -0.1) is 0 Å². The fourth-order valence-electron chi connectivity index (χ4n) is 0.957. The first-order valence-corrected chi connectivity index (χ1v) is 5.42. The van der Waals surface area contributed by atoms with Crippen molar-refractivity contribution in [2.75, 3.05) is 7.11 Å². The molecule has 20 heavy (non-hydrogen) atoms. The summed E-state index contributed by atoms with van der Waals surface area (Å²) in [4.78, 5) is 29.6. The second kappa shape index (κ2) is 17.6. The number of methoxy groups -OCH3 is 1. The Bertz CT molecular complexity index is 257. The summed E-state index contributed by atoms with van der Waals surface area (Å²) in [5.74, 6) is 0.00694. The van der Waals surface area contributed by atoms with Crippen LogP contribution in [0.5, 0.6) is 0 Å². The number of ether oxygens (including phenoxy) is 2. The molecule has 1 saturated heterocycles. The lowest BCUT2D eigenvalue weighted by atomic mass is 10.1. The summed E-state index contributed by atoms with van der Waals surface area (Å²) < 4.78 is 8.95. The van der Waals surface area contributed by atoms with E-state index in [-0.39, 0.29) is 52.0 Å². The van der Waals surface area contributed by atoms with Gasteiger partial charge in [0.1, 0.15) is 5.78 Å². The molecule has 0 saturated carbocycles. The molecule has 1 aliphatic rings. The van der Waals surface area contributed by atoms with Crippen molar-refractivity contribution in [1.29, 1.82) is 0 Å². The molecule has 5 heteroatoms. The monoisotopic (exact) mass is 294 g/mol. The normalized spacial score (nSPS) is 18.0. The van der Waals surface area contributed by atoms with Gasteiger partial charge in [0.2, 0.25) is 0 Å². The van der Waals surface area contributed by atoms with Crippen LogP contribution >= 0.6 is 0 Å². The number of esters is 2. The number of carbonyl (C=O) groups is 3. The summed E-state index contributed by atoms with van der Waals surface area (Å²) in [6.07, 6.45) is 1.04. The van der Waals surface area contributed by atoms with Gasteiger partial charge in [-0.3, -0.25) is 9.59 Å². The van der Waals surface area contributed by atoms with E-state index in [1.165, 1.54) is 27.9 Å². The number of rotatable bonds is 0. The Morgan fingerprint density at radius 3 is 1.45 bits per heavy atom. The van der Waals surface area contributed by atoms with E-state index >= 15 is 0 Å². The van der Waals surface area contributed by atoms with Crippen LogP contribution in [0.25, 0.3) is 0 Å². The number of carbonyl (C=O) groups excluding carboxylic acids is 3. The molecule has 0 aromatic rings. The molecule has 1 fully saturated rings. The highest BCUT2D eigenvalue weighted by Gasteiger charge is 2.27. The van der Waals surface area contributed by atoms with E-state index in [0.29, 0.717) is 0 Å². The van der Waals surface area contributed by atoms with E-state index in [0.717, 1.165) is 6.42 Å². The third-order valence-electron chi connectivity index (χ3n) is 1.69. The van der Waals surface area contributed by atoms with E-state index in [4.69, 9.17) is 4.74 Å². The molecule has 0 bridgehead atoms. The first kappa shape index (κ1) is 31.2. The summed E-state index contributed by atoms with van der Waals surface area (Å²) in [6.45, 7) is 8.23. The molecule has 0 aliphatic carbocycles. The molecule has 2 atom stereocenters. The lowest BCUT2D eigenvalue weighted by Gasteiger charge is -1.95. The SMILES string of the molecule is C.C.C.CC(C)=O.CC1CC(C)C(=O)O1.COC(C)=O. The molecule has 1 heterocycles. The second-order valence-corrected chi connectivity index (χ2v) is 3.99. The predicted octanol–water partition coefficient (Wildman–Crippen LogP) is 3.64. The highest BCUT2D eigenvalue weighted by molar-refractivity contribution is 5.74. The number of cyclic esters (lactones) is 1. The van der Waals surface area contributed by atoms with Crippen LogP contribution in [0, 0.1) is 5.92 Å². The molecule has 0 N–H and O–H groups in total. The minimum Gasteiger partial charge on any atom is -0.469 e. The van der Waals surface area contributed by atoms with Crippen molar-refractivity contribution in [3.8, 4) is 0 Å². The number of hydrogen-bond donors (Lipinski definition) is 0. The Labute approximate surface area is 125 Å². The zero-order valence-electron chi connectivity index (χ0n) is 11.4. The smallest absolute Gasteiger partial charge is 0.309 e. The van der Waals surface area contributed by atoms with E-state index in [2.05, 4.69) is 4.74 Å². The Balaban J connectivity index is -0.0000000560. The van der Waals surface area contributed by atoms with Gasteiger partial charge in [-0.2, -0.15) is 0 Å². The lowest BCUT2D eigenvalue weighted by Crippen LogP contribution is -2.02. The van der Waals surface area contributed by atoms with Gasteiger partial charge in [0, 0.05) is 6.92 Å². The molecule has 0 amide bonds. The van der Waals surface area contributed by atoms with Crippen molar-refractivity contribution < 1.29 is 23.9 Å². The van der Waals surface area contributed by atoms with Crippen LogP contribution in [0.2, 0.25) is 0 Å². The third kappa shape index (κ3) is 25.5. The average Bonchev–Trinajstić information content (AvgIpc) is 2.44. The maximum absolute atomic E-state index is 10.6. The highest BCUT2D eigenvalue weighted by Crippen LogP contribution is 2.18. The van der Waals surface area contributed by atoms with Gasteiger partial charge >= 0.3 is 11.9 Å². The minimum atomic E-state index is -0.245. The molecule has 2 unspecified atom stereocenters. The summed E-state index contributed by atoms with van der Waals surface area (Å²) in [5, 5.41) is 0. The molecule has 0 aromatic carbocycles. The van der Waals surface area contributed by atoms with Crippen LogP contribution in [0.1, 0.15) is 63.3 Å². The van der Waals surface area contributed by atoms with Crippen LogP contribution in [-0.4, -0.2) is 30.9 Å². The molecule has 1 aliphatic heterocycles. The van der Waals surface area contributed by atoms with Crippen LogP contribution in [0.4, 0.5) is 0 Å². The van der Waals surface area contributed by atoms with Gasteiger partial charge in [0.05, 0.1) is 19.1 Å². The highest BCUT2D eigenvalue weighted by atomic mass is 16.5. The van der Waals surface area contributed by atoms with Crippen molar-refractivity contribution >= 4 is 17.7 Å². The third-order valence-corrected chi connectivity index (χ3v) is 1.69. The van der Waals surface area contributed by atoms with Crippen molar-refractivity contribution in [2.45, 2.75) is 69.4 Å². The van der Waals surface area contributed by atoms with E-state index in [1.807, 2.05) is 13.8 Å². The van der Waals surface area contributed by atoms with Crippen molar-refractivity contribution in [1.82, 2.24) is 0 Å². The summed E-state index contributed by atoms with van der Waals surface area (Å²) in [6, 6.07) is 0. The largest absolute Gasteiger partial charge is 0.469 e. The fourth-order valence-corrected chi connectivity index (χ4v) is 0.957. The fraction of sp³-hybridized carbons (Fsp3) is 0.800. The van der Waals surface area contributed by atoms with Gasteiger partial charge in [-0.25, -0.2) is 0 Å². The molecular formula is C15H34O5. The molecule has 1 rings (SSSR count). The topological polar surface area (TPSA) is 69.7 Å². The molecule has 0 radical (unpaired) electrons. The van der Waals surface area contributed by atoms with E-state index < -0.39 is 0 Å². The standard InChI is InChI=1S/C6H10O2.C3H6O2.C3H6O.3CH4/c1-4-3-5(2)8-6(4)7;1-3(4)5-2;1-3(2)4;;;/h4-5H,3H2,1-2H3;1-2H3;1-2H3;3*1H4. The molecule has 5 nitrogen and oxygen atoms in total. The number of Topliss-reactive ketones (excluding diaryl/α,β-unsaturated/α-hetero) is 1. The second-order valence-electron chi connectivity index (χ2n) is 3.99. The summed E-state index contributed by atoms with van der Waals surface area (Å²) in [7, 11) is 1.35. The summed E-state index contributed by atoms with van der Waals surface area (Å²) >= 11 is 0. The van der Waals surface area contributed by atoms with Gasteiger partial charge in [0.25, 0.3) is 0 Å². The number of ketones is 1. The Morgan fingerprint density at radius 2 is 1.40 bits per heavy atom. The average molecular weight is 294 g/mol. The van der Waals surface area contributed by atoms with Gasteiger partial charge in [-0.1, -0.05) is 29.2 Å². The van der Waals surface area contributed by atoms with E-state index in [9.17, 15) is 14.4 Å². The zero-order valence-corrected chi connectivity index (χ0v) is 11.4. The van der Waals surface area contributed by atoms with Gasteiger partial charge in [-0.05, 0) is 27.2 Å². The van der Waals surface area contributed by atoms with Crippen molar-refractivity contribution in [3.63, 3.8) is 0 Å². The quantitative estimate of drug-likeness (QED) is 0.638. The van der Waals surface area contributed by atoms with Crippen LogP contribution in [0.3, 0.4) is 0 Å². The predicted molar refractivity (Wildman–Crippen MR) is 83.6 cm³/mol. The van der Waals surface area contributed by atoms with Crippen LogP contribution < -0.4 is 0 Å². The Hall–Kier alpha value is -1.39. The first-order chi connectivity index (χ1) is 7.70. The molecular weight excluding hydrogens is 260 g/mol. The molecule has 0 aromatic heterocycles. The lowest BCUT2D eigenvalue weighted by molar-refractivity contribution is -0.143. The van der Waals surface area contributed by atoms with Crippen molar-refractivity contribution in [3.05, 3.63) is 0 Å². The molecule has 124 valence electrons. The van der Waals surface area contributed by atoms with E-state index in [1.54, 1.807) is 0 Å². The zero-order chi connectivity index (χ0) is 14.0. The minimum absolute atomic E-state index is 0. The Kier molecular flexibility index (Phi) is 27.4. The maximum atomic E-state index is 10.6.